The molecule has 3 rings (SSSR count). The Bertz CT molecular complexity index is 898. The van der Waals surface area contributed by atoms with Crippen LogP contribution in [0, 0.1) is 0 Å². The second-order valence-electron chi connectivity index (χ2n) is 7.14. The van der Waals surface area contributed by atoms with Crippen LogP contribution in [0.2, 0.25) is 0 Å². The van der Waals surface area contributed by atoms with Gasteiger partial charge < -0.3 is 14.8 Å². The molecule has 2 aromatic rings. The first-order chi connectivity index (χ1) is 13.4. The van der Waals surface area contributed by atoms with Crippen molar-refractivity contribution in [2.75, 3.05) is 25.0 Å². The molecule has 9 heteroatoms. The Morgan fingerprint density at radius 3 is 2.52 bits per heavy atom. The number of rotatable bonds is 8. The van der Waals surface area contributed by atoms with E-state index < -0.39 is 10.0 Å². The van der Waals surface area contributed by atoms with Crippen LogP contribution in [0.3, 0.4) is 0 Å². The Morgan fingerprint density at radius 2 is 1.93 bits per heavy atom. The van der Waals surface area contributed by atoms with Crippen LogP contribution in [0.15, 0.2) is 41.3 Å². The number of benzene rings is 1. The third-order valence-corrected chi connectivity index (χ3v) is 6.11. The topological polar surface area (TPSA) is 89.6 Å². The van der Waals surface area contributed by atoms with Crippen LogP contribution in [-0.2, 0) is 10.0 Å². The summed E-state index contributed by atoms with van der Waals surface area (Å²) in [6, 6.07) is 10.4. The standard InChI is InChI=1S/C20H27N3O4S.ClH/c1-14(2)15-6-8-17(9-7-15)28(24,25)23-18-10-11-19(22-20(18)26-3)27-13-16-5-4-12-21-16;/h6-11,14,16,21,23H,4-5,12-13H2,1-3H3;1H/t16-;/m0./s1. The number of pyridine rings is 1. The Hall–Kier alpha value is -2.03. The van der Waals surface area contributed by atoms with E-state index in [-0.39, 0.29) is 28.9 Å². The highest BCUT2D eigenvalue weighted by atomic mass is 35.5. The number of hydrogen-bond acceptors (Lipinski definition) is 6. The molecule has 0 unspecified atom stereocenters. The van der Waals surface area contributed by atoms with E-state index in [1.54, 1.807) is 24.3 Å². The largest absolute Gasteiger partial charge is 0.479 e. The zero-order valence-electron chi connectivity index (χ0n) is 16.8. The molecular weight excluding hydrogens is 414 g/mol. The fourth-order valence-corrected chi connectivity index (χ4v) is 4.11. The van der Waals surface area contributed by atoms with Gasteiger partial charge in [-0.2, -0.15) is 4.98 Å². The lowest BCUT2D eigenvalue weighted by Gasteiger charge is -2.15. The molecule has 0 spiro atoms. The zero-order chi connectivity index (χ0) is 20.1. The van der Waals surface area contributed by atoms with E-state index in [1.165, 1.54) is 7.11 Å². The number of methoxy groups -OCH3 is 1. The first-order valence-corrected chi connectivity index (χ1v) is 10.9. The van der Waals surface area contributed by atoms with Gasteiger partial charge in [-0.05, 0) is 49.1 Å². The average molecular weight is 442 g/mol. The maximum absolute atomic E-state index is 12.7. The van der Waals surface area contributed by atoms with Crippen LogP contribution < -0.4 is 19.5 Å². The van der Waals surface area contributed by atoms with Gasteiger partial charge in [-0.25, -0.2) is 8.42 Å². The highest BCUT2D eigenvalue weighted by Crippen LogP contribution is 2.28. The first-order valence-electron chi connectivity index (χ1n) is 9.43. The number of hydrogen-bond donors (Lipinski definition) is 2. The molecule has 1 aliphatic rings. The molecule has 0 amide bonds. The highest BCUT2D eigenvalue weighted by molar-refractivity contribution is 7.92. The molecule has 160 valence electrons. The molecule has 0 aliphatic carbocycles. The lowest BCUT2D eigenvalue weighted by atomic mass is 10.0. The monoisotopic (exact) mass is 441 g/mol. The summed E-state index contributed by atoms with van der Waals surface area (Å²) in [5.74, 6) is 0.898. The van der Waals surface area contributed by atoms with Gasteiger partial charge in [0.15, 0.2) is 0 Å². The van der Waals surface area contributed by atoms with E-state index in [4.69, 9.17) is 9.47 Å². The van der Waals surface area contributed by atoms with Crippen molar-refractivity contribution in [2.45, 2.75) is 43.5 Å². The summed E-state index contributed by atoms with van der Waals surface area (Å²) < 4.78 is 38.9. The first kappa shape index (κ1) is 23.3. The number of aromatic nitrogens is 1. The molecule has 1 aliphatic heterocycles. The van der Waals surface area contributed by atoms with Crippen molar-refractivity contribution in [3.8, 4) is 11.8 Å². The van der Waals surface area contributed by atoms with Gasteiger partial charge in [-0.15, -0.1) is 12.4 Å². The van der Waals surface area contributed by atoms with Crippen LogP contribution in [0.1, 0.15) is 38.2 Å². The maximum atomic E-state index is 12.7. The van der Waals surface area contributed by atoms with Crippen molar-refractivity contribution in [3.63, 3.8) is 0 Å². The normalized spacial score (nSPS) is 16.3. The SMILES string of the molecule is COc1nc(OC[C@@H]2CCCN2)ccc1NS(=O)(=O)c1ccc(C(C)C)cc1.Cl. The minimum absolute atomic E-state index is 0. The lowest BCUT2D eigenvalue weighted by molar-refractivity contribution is 0.263. The average Bonchev–Trinajstić information content (AvgIpc) is 3.20. The lowest BCUT2D eigenvalue weighted by Crippen LogP contribution is -2.28. The van der Waals surface area contributed by atoms with Gasteiger partial charge in [-0.3, -0.25) is 4.72 Å². The highest BCUT2D eigenvalue weighted by Gasteiger charge is 2.19. The van der Waals surface area contributed by atoms with Crippen molar-refractivity contribution in [1.29, 1.82) is 0 Å². The van der Waals surface area contributed by atoms with E-state index in [1.807, 2.05) is 12.1 Å². The maximum Gasteiger partial charge on any atom is 0.262 e. The molecule has 1 aromatic carbocycles. The Labute approximate surface area is 178 Å². The third kappa shape index (κ3) is 5.98. The molecule has 1 atom stereocenters. The van der Waals surface area contributed by atoms with E-state index in [0.717, 1.165) is 24.9 Å². The second kappa shape index (κ2) is 10.1. The molecule has 1 fully saturated rings. The van der Waals surface area contributed by atoms with Crippen LogP contribution in [0.25, 0.3) is 0 Å². The Morgan fingerprint density at radius 1 is 1.21 bits per heavy atom. The molecule has 2 heterocycles. The quantitative estimate of drug-likeness (QED) is 0.651. The summed E-state index contributed by atoms with van der Waals surface area (Å²) in [5.41, 5.74) is 1.35. The molecule has 0 bridgehead atoms. The van der Waals surface area contributed by atoms with Crippen LogP contribution >= 0.6 is 12.4 Å². The summed E-state index contributed by atoms with van der Waals surface area (Å²) in [7, 11) is -2.30. The summed E-state index contributed by atoms with van der Waals surface area (Å²) >= 11 is 0. The van der Waals surface area contributed by atoms with E-state index in [2.05, 4.69) is 28.9 Å². The Kier molecular flexibility index (Phi) is 8.13. The van der Waals surface area contributed by atoms with Crippen molar-refractivity contribution < 1.29 is 17.9 Å². The molecule has 7 nitrogen and oxygen atoms in total. The Balaban J connectivity index is 0.00000300. The number of nitrogens with one attached hydrogen (secondary N) is 2. The third-order valence-electron chi connectivity index (χ3n) is 4.72. The predicted octanol–water partition coefficient (Wildman–Crippen LogP) is 3.57. The smallest absolute Gasteiger partial charge is 0.262 e. The van der Waals surface area contributed by atoms with Gasteiger partial charge >= 0.3 is 0 Å². The van der Waals surface area contributed by atoms with Gasteiger partial charge in [0, 0.05) is 12.1 Å². The molecule has 0 radical (unpaired) electrons. The van der Waals surface area contributed by atoms with Gasteiger partial charge in [-0.1, -0.05) is 26.0 Å². The number of sulfonamides is 1. The summed E-state index contributed by atoms with van der Waals surface area (Å²) in [4.78, 5) is 4.45. The predicted molar refractivity (Wildman–Crippen MR) is 116 cm³/mol. The number of anilines is 1. The fourth-order valence-electron chi connectivity index (χ4n) is 3.06. The fraction of sp³-hybridized carbons (Fsp3) is 0.450. The zero-order valence-corrected chi connectivity index (χ0v) is 18.5. The van der Waals surface area contributed by atoms with E-state index in [9.17, 15) is 8.42 Å². The number of halogens is 1. The van der Waals surface area contributed by atoms with Gasteiger partial charge in [0.2, 0.25) is 11.8 Å². The van der Waals surface area contributed by atoms with Crippen molar-refractivity contribution in [1.82, 2.24) is 10.3 Å². The van der Waals surface area contributed by atoms with Crippen molar-refractivity contribution in [3.05, 3.63) is 42.0 Å². The molecule has 1 aromatic heterocycles. The molecule has 29 heavy (non-hydrogen) atoms. The minimum atomic E-state index is -3.75. The van der Waals surface area contributed by atoms with Crippen molar-refractivity contribution in [2.24, 2.45) is 0 Å². The summed E-state index contributed by atoms with van der Waals surface area (Å²) in [6.45, 7) is 5.64. The van der Waals surface area contributed by atoms with Crippen LogP contribution in [-0.4, -0.2) is 39.7 Å². The number of ether oxygens (including phenoxy) is 2. The second-order valence-corrected chi connectivity index (χ2v) is 8.82. The van der Waals surface area contributed by atoms with Gasteiger partial charge in [0.1, 0.15) is 12.3 Å². The van der Waals surface area contributed by atoms with Crippen LogP contribution in [0.5, 0.6) is 11.8 Å². The summed E-state index contributed by atoms with van der Waals surface area (Å²) in [6.07, 6.45) is 2.22. The van der Waals surface area contributed by atoms with E-state index >= 15 is 0 Å². The van der Waals surface area contributed by atoms with Gasteiger partial charge in [0.25, 0.3) is 10.0 Å². The molecule has 0 saturated carbocycles. The molecule has 1 saturated heterocycles. The molecule has 2 N–H and O–H groups in total. The number of nitrogens with zero attached hydrogens (tertiary/aromatic N) is 1. The van der Waals surface area contributed by atoms with E-state index in [0.29, 0.717) is 24.4 Å². The van der Waals surface area contributed by atoms with Gasteiger partial charge in [0.05, 0.1) is 12.0 Å². The van der Waals surface area contributed by atoms with Crippen LogP contribution in [0.4, 0.5) is 5.69 Å². The minimum Gasteiger partial charge on any atom is -0.479 e. The molecular formula is C20H28ClN3O4S. The summed E-state index contributed by atoms with van der Waals surface area (Å²) in [5, 5.41) is 3.35. The van der Waals surface area contributed by atoms with Crippen molar-refractivity contribution >= 4 is 28.1 Å².